The van der Waals surface area contributed by atoms with E-state index in [0.29, 0.717) is 100 Å². The zero-order valence-corrected chi connectivity index (χ0v) is 44.5. The lowest BCUT2D eigenvalue weighted by Gasteiger charge is -2.40. The molecule has 20 nitrogen and oxygen atoms in total. The van der Waals surface area contributed by atoms with Gasteiger partial charge in [0.25, 0.3) is 5.91 Å². The summed E-state index contributed by atoms with van der Waals surface area (Å²) in [6.45, 7) is 6.22. The van der Waals surface area contributed by atoms with Crippen molar-refractivity contribution < 1.29 is 47.7 Å². The summed E-state index contributed by atoms with van der Waals surface area (Å²) in [5, 5.41) is 16.8. The Hall–Kier alpha value is -7.26. The summed E-state index contributed by atoms with van der Waals surface area (Å²) >= 11 is 0. The number of nitrogens with two attached hydrogens (primary N) is 1. The Morgan fingerprint density at radius 1 is 0.846 bits per heavy atom. The lowest BCUT2D eigenvalue weighted by molar-refractivity contribution is -0.137. The molecule has 0 saturated carbocycles. The number of ether oxygens (including phenoxy) is 5. The summed E-state index contributed by atoms with van der Waals surface area (Å²) in [5.41, 5.74) is 11.3. The van der Waals surface area contributed by atoms with Gasteiger partial charge in [-0.25, -0.2) is 4.98 Å². The first kappa shape index (κ1) is 55.5. The molecular formula is C58H72N10O10. The maximum atomic E-state index is 13.1. The highest BCUT2D eigenvalue weighted by atomic mass is 16.5. The second-order valence-electron chi connectivity index (χ2n) is 20.6. The molecule has 5 aromatic rings. The second kappa shape index (κ2) is 26.9. The molecule has 4 aliphatic rings. The maximum Gasteiger partial charge on any atom is 0.255 e. The molecule has 2 fully saturated rings. The van der Waals surface area contributed by atoms with Crippen LogP contribution in [0.5, 0.6) is 11.5 Å². The van der Waals surface area contributed by atoms with E-state index < -0.39 is 23.4 Å². The molecule has 6 N–H and O–H groups in total. The van der Waals surface area contributed by atoms with Crippen molar-refractivity contribution in [3.05, 3.63) is 113 Å². The van der Waals surface area contributed by atoms with E-state index in [0.717, 1.165) is 104 Å². The van der Waals surface area contributed by atoms with Gasteiger partial charge in [-0.3, -0.25) is 39.4 Å². The Kier molecular flexibility index (Phi) is 19.1. The van der Waals surface area contributed by atoms with E-state index in [1.54, 1.807) is 30.6 Å². The van der Waals surface area contributed by atoms with Gasteiger partial charge in [0.15, 0.2) is 11.6 Å². The van der Waals surface area contributed by atoms with Crippen molar-refractivity contribution in [2.75, 3.05) is 83.6 Å². The molecule has 9 rings (SSSR count). The molecule has 2 atom stereocenters. The first-order valence-corrected chi connectivity index (χ1v) is 27.5. The standard InChI is InChI=1S/C58H72N10O10/c1-67-25-21-58(22-26-67,57-63-54(65-66-57)39-19-23-60-24-20-39)64-42-13-15-44(46(36-42)53(59)71)41-34-40-35-43(14-17-50(40)78-38-41)77-29-8-3-2-6-27-74-30-32-76-33-31-75-28-7-4-5-12-51(69)61-48-11-9-10-45-47(48)37-68(56(45)73)49-16-18-52(70)62-55(49)72/h9-11,13-15,17,19-20,23-24,35-36,41,49,64H,2-8,12,16,18,21-22,25-34,37-38H2,1H3,(H2,59,71)(H,61,69)(H,62,70,72)(H,63,65,66). The normalized spacial score (nSPS) is 18.0. The van der Waals surface area contributed by atoms with Crippen LogP contribution in [-0.4, -0.2) is 139 Å². The number of benzene rings is 3. The second-order valence-corrected chi connectivity index (χ2v) is 20.6. The molecule has 0 bridgehead atoms. The molecule has 0 spiro atoms. The Labute approximate surface area is 454 Å². The number of pyridine rings is 1. The number of rotatable bonds is 28. The third-order valence-electron chi connectivity index (χ3n) is 15.0. The van der Waals surface area contributed by atoms with Crippen molar-refractivity contribution in [1.29, 1.82) is 0 Å². The van der Waals surface area contributed by atoms with E-state index in [2.05, 4.69) is 43.1 Å². The molecular weight excluding hydrogens is 997 g/mol. The molecule has 0 radical (unpaired) electrons. The largest absolute Gasteiger partial charge is 0.494 e. The topological polar surface area (TPSA) is 255 Å². The number of anilines is 2. The molecule has 3 aromatic carbocycles. The highest BCUT2D eigenvalue weighted by Crippen LogP contribution is 2.40. The highest BCUT2D eigenvalue weighted by molar-refractivity contribution is 6.07. The molecule has 20 heteroatoms. The molecule has 4 aliphatic heterocycles. The number of unbranched alkanes of at least 4 members (excludes halogenated alkanes) is 5. The number of carbonyl (C=O) groups excluding carboxylic acids is 5. The van der Waals surface area contributed by atoms with Crippen molar-refractivity contribution in [2.45, 2.75) is 108 Å². The fourth-order valence-corrected chi connectivity index (χ4v) is 10.6. The van der Waals surface area contributed by atoms with Crippen LogP contribution in [-0.2, 0) is 47.1 Å². The smallest absolute Gasteiger partial charge is 0.255 e. The van der Waals surface area contributed by atoms with Crippen molar-refractivity contribution in [3.8, 4) is 22.9 Å². The SMILES string of the molecule is CN1CCC(Nc2ccc(C3COc4ccc(OCCCCCCOCCOCCOCCCCCC(=O)Nc5cccc6c5CN(C5CCC(=O)NC5=O)C6=O)cc4C3)c(C(N)=O)c2)(c2nc(-c3ccncc3)n[nH]2)CC1. The summed E-state index contributed by atoms with van der Waals surface area (Å²) in [6.07, 6.45) is 12.8. The minimum absolute atomic E-state index is 0.0724. The molecule has 414 valence electrons. The van der Waals surface area contributed by atoms with Crippen molar-refractivity contribution in [3.63, 3.8) is 0 Å². The van der Waals surface area contributed by atoms with Crippen LogP contribution in [0.2, 0.25) is 0 Å². The number of hydrogen-bond acceptors (Lipinski definition) is 15. The first-order chi connectivity index (χ1) is 38.0. The highest BCUT2D eigenvalue weighted by Gasteiger charge is 2.41. The molecule has 6 heterocycles. The fraction of sp³-hybridized carbons (Fsp3) is 0.483. The Morgan fingerprint density at radius 2 is 1.58 bits per heavy atom. The van der Waals surface area contributed by atoms with Crippen LogP contribution in [0.4, 0.5) is 11.4 Å². The zero-order valence-electron chi connectivity index (χ0n) is 44.5. The number of carbonyl (C=O) groups is 5. The molecule has 0 aliphatic carbocycles. The van der Waals surface area contributed by atoms with E-state index >= 15 is 0 Å². The Bertz CT molecular complexity index is 2870. The molecule has 2 unspecified atom stereocenters. The van der Waals surface area contributed by atoms with E-state index in [1.165, 1.54) is 4.90 Å². The molecule has 2 saturated heterocycles. The fourth-order valence-electron chi connectivity index (χ4n) is 10.6. The van der Waals surface area contributed by atoms with Gasteiger partial charge in [0.05, 0.1) is 45.2 Å². The zero-order chi connectivity index (χ0) is 54.3. The number of fused-ring (bicyclic) bond motifs is 2. The van der Waals surface area contributed by atoms with Gasteiger partial charge in [0.2, 0.25) is 23.6 Å². The van der Waals surface area contributed by atoms with Crippen LogP contribution < -0.4 is 31.2 Å². The third kappa shape index (κ3) is 14.3. The number of primary amides is 1. The average Bonchev–Trinajstić information content (AvgIpc) is 4.22. The summed E-state index contributed by atoms with van der Waals surface area (Å²) in [5.74, 6) is 1.20. The van der Waals surface area contributed by atoms with E-state index in [4.69, 9.17) is 34.4 Å². The minimum atomic E-state index is -0.708. The van der Waals surface area contributed by atoms with E-state index in [1.807, 2.05) is 48.5 Å². The Morgan fingerprint density at radius 3 is 2.32 bits per heavy atom. The van der Waals surface area contributed by atoms with Crippen molar-refractivity contribution >= 4 is 40.9 Å². The van der Waals surface area contributed by atoms with Crippen LogP contribution in [0, 0.1) is 0 Å². The van der Waals surface area contributed by atoms with Crippen LogP contribution in [0.15, 0.2) is 79.1 Å². The maximum absolute atomic E-state index is 13.1. The number of amides is 5. The number of H-pyrrole nitrogens is 1. The predicted octanol–water partition coefficient (Wildman–Crippen LogP) is 6.67. The van der Waals surface area contributed by atoms with Crippen LogP contribution in [0.3, 0.4) is 0 Å². The molecule has 78 heavy (non-hydrogen) atoms. The number of nitrogens with zero attached hydrogens (tertiary/aromatic N) is 5. The van der Waals surface area contributed by atoms with Gasteiger partial charge >= 0.3 is 0 Å². The summed E-state index contributed by atoms with van der Waals surface area (Å²) in [4.78, 5) is 75.7. The average molecular weight is 1070 g/mol. The molecule has 5 amide bonds. The number of imide groups is 1. The van der Waals surface area contributed by atoms with Gasteiger partial charge in [0, 0.05) is 97.6 Å². The first-order valence-electron chi connectivity index (χ1n) is 27.5. The number of piperidine rings is 2. The van der Waals surface area contributed by atoms with Gasteiger partial charge in [-0.05, 0) is 131 Å². The van der Waals surface area contributed by atoms with E-state index in [-0.39, 0.29) is 43.0 Å². The van der Waals surface area contributed by atoms with Gasteiger partial charge in [-0.1, -0.05) is 25.0 Å². The van der Waals surface area contributed by atoms with Crippen LogP contribution >= 0.6 is 0 Å². The minimum Gasteiger partial charge on any atom is -0.494 e. The van der Waals surface area contributed by atoms with E-state index in [9.17, 15) is 24.0 Å². The summed E-state index contributed by atoms with van der Waals surface area (Å²) < 4.78 is 29.5. The number of nitrogens with one attached hydrogen (secondary N) is 4. The van der Waals surface area contributed by atoms with Gasteiger partial charge < -0.3 is 49.9 Å². The molecule has 2 aromatic heterocycles. The van der Waals surface area contributed by atoms with Crippen LogP contribution in [0.25, 0.3) is 11.4 Å². The lowest BCUT2D eigenvalue weighted by Crippen LogP contribution is -2.52. The number of hydrogen-bond donors (Lipinski definition) is 5. The van der Waals surface area contributed by atoms with Crippen LogP contribution in [0.1, 0.15) is 126 Å². The van der Waals surface area contributed by atoms with Gasteiger partial charge in [-0.15, -0.1) is 0 Å². The summed E-state index contributed by atoms with van der Waals surface area (Å²) in [7, 11) is 2.11. The third-order valence-corrected chi connectivity index (χ3v) is 15.0. The quantitative estimate of drug-likeness (QED) is 0.0259. The Balaban J connectivity index is 0.602. The van der Waals surface area contributed by atoms with Crippen molar-refractivity contribution in [1.82, 2.24) is 35.3 Å². The predicted molar refractivity (Wildman–Crippen MR) is 291 cm³/mol. The number of aromatic nitrogens is 4. The monoisotopic (exact) mass is 1070 g/mol. The number of aromatic amines is 1. The van der Waals surface area contributed by atoms with Gasteiger partial charge in [0.1, 0.15) is 17.5 Å². The number of likely N-dealkylation sites (tertiary alicyclic amines) is 1. The summed E-state index contributed by atoms with van der Waals surface area (Å²) in [6, 6.07) is 20.1. The lowest BCUT2D eigenvalue weighted by atomic mass is 9.85. The van der Waals surface area contributed by atoms with Crippen molar-refractivity contribution in [2.24, 2.45) is 5.73 Å². The van der Waals surface area contributed by atoms with Gasteiger partial charge in [-0.2, -0.15) is 5.10 Å².